The number of hydrogen-bond donors (Lipinski definition) is 2. The second-order valence-corrected chi connectivity index (χ2v) is 6.44. The van der Waals surface area contributed by atoms with E-state index in [1.807, 2.05) is 0 Å². The smallest absolute Gasteiger partial charge is 0.243 e. The zero-order valence-corrected chi connectivity index (χ0v) is 11.8. The van der Waals surface area contributed by atoms with Crippen molar-refractivity contribution in [2.45, 2.75) is 10.1 Å². The van der Waals surface area contributed by atoms with E-state index in [1.54, 1.807) is 24.3 Å². The van der Waals surface area contributed by atoms with E-state index in [0.29, 0.717) is 0 Å². The Bertz CT molecular complexity index is 679. The van der Waals surface area contributed by atoms with E-state index in [1.165, 1.54) is 24.5 Å². The molecule has 2 heterocycles. The molecule has 2 aromatic heterocycles. The monoisotopic (exact) mass is 316 g/mol. The average molecular weight is 316 g/mol. The summed E-state index contributed by atoms with van der Waals surface area (Å²) in [7, 11) is -7.23. The fourth-order valence-electron chi connectivity index (χ4n) is 1.03. The second-order valence-electron chi connectivity index (χ2n) is 3.43. The number of pyridine rings is 2. The number of nitrogens with zero attached hydrogens (tertiary/aromatic N) is 2. The third-order valence-electron chi connectivity index (χ3n) is 1.86. The number of rotatable bonds is 2. The van der Waals surface area contributed by atoms with Gasteiger partial charge >= 0.3 is 0 Å². The van der Waals surface area contributed by atoms with Crippen LogP contribution in [-0.2, 0) is 20.0 Å². The summed E-state index contributed by atoms with van der Waals surface area (Å²) >= 11 is 0. The van der Waals surface area contributed by atoms with Crippen LogP contribution in [0, 0.1) is 0 Å². The topological polar surface area (TPSA) is 146 Å². The highest BCUT2D eigenvalue weighted by Crippen LogP contribution is 1.98. The highest BCUT2D eigenvalue weighted by atomic mass is 32.2. The van der Waals surface area contributed by atoms with Gasteiger partial charge in [0.15, 0.2) is 10.1 Å². The molecular formula is C10H12N4O4S2. The number of hydrogen-bond acceptors (Lipinski definition) is 6. The summed E-state index contributed by atoms with van der Waals surface area (Å²) < 4.78 is 42.2. The van der Waals surface area contributed by atoms with E-state index in [-0.39, 0.29) is 10.1 Å². The molecule has 0 bridgehead atoms. The molecule has 0 saturated carbocycles. The highest BCUT2D eigenvalue weighted by molar-refractivity contribution is 7.89. The maximum atomic E-state index is 10.5. The van der Waals surface area contributed by atoms with E-state index in [9.17, 15) is 16.8 Å². The van der Waals surface area contributed by atoms with Crippen molar-refractivity contribution in [3.63, 3.8) is 0 Å². The third-order valence-corrected chi connectivity index (χ3v) is 3.51. The average Bonchev–Trinajstić information content (AvgIpc) is 2.40. The van der Waals surface area contributed by atoms with E-state index in [0.717, 1.165) is 0 Å². The minimum Gasteiger partial charge on any atom is -0.243 e. The lowest BCUT2D eigenvalue weighted by molar-refractivity contribution is 0.592. The Hall–Kier alpha value is -1.88. The van der Waals surface area contributed by atoms with Crippen LogP contribution >= 0.6 is 0 Å². The van der Waals surface area contributed by atoms with E-state index in [2.05, 4.69) is 9.97 Å². The Morgan fingerprint density at radius 1 is 0.700 bits per heavy atom. The Labute approximate surface area is 116 Å². The minimum absolute atomic E-state index is 0.102. The Morgan fingerprint density at radius 2 is 1.05 bits per heavy atom. The van der Waals surface area contributed by atoms with Crippen LogP contribution in [0.1, 0.15) is 0 Å². The minimum atomic E-state index is -3.61. The van der Waals surface area contributed by atoms with Crippen molar-refractivity contribution in [3.8, 4) is 0 Å². The summed E-state index contributed by atoms with van der Waals surface area (Å²) in [4.78, 5) is 7.07. The van der Waals surface area contributed by atoms with Crippen LogP contribution in [0.3, 0.4) is 0 Å². The van der Waals surface area contributed by atoms with Crippen molar-refractivity contribution in [2.75, 3.05) is 0 Å². The number of primary sulfonamides is 2. The van der Waals surface area contributed by atoms with Crippen LogP contribution in [0.25, 0.3) is 0 Å². The molecule has 0 aromatic carbocycles. The lowest BCUT2D eigenvalue weighted by atomic mass is 10.5. The SMILES string of the molecule is NS(=O)(=O)c1ccccn1.NS(=O)(=O)c1ccccn1. The number of nitrogens with two attached hydrogens (primary N) is 2. The van der Waals surface area contributed by atoms with Crippen LogP contribution in [0.2, 0.25) is 0 Å². The molecule has 0 unspecified atom stereocenters. The van der Waals surface area contributed by atoms with Crippen LogP contribution in [0.4, 0.5) is 0 Å². The first-order valence-corrected chi connectivity index (χ1v) is 8.18. The summed E-state index contributed by atoms with van der Waals surface area (Å²) in [5.41, 5.74) is 0. The molecule has 0 fully saturated rings. The van der Waals surface area contributed by atoms with Gasteiger partial charge < -0.3 is 0 Å². The summed E-state index contributed by atoms with van der Waals surface area (Å²) in [6.45, 7) is 0. The van der Waals surface area contributed by atoms with Crippen LogP contribution in [-0.4, -0.2) is 26.8 Å². The molecule has 0 saturated heterocycles. The van der Waals surface area contributed by atoms with Gasteiger partial charge in [0, 0.05) is 12.4 Å². The summed E-state index contributed by atoms with van der Waals surface area (Å²) in [6.07, 6.45) is 2.75. The van der Waals surface area contributed by atoms with Crippen LogP contribution in [0.5, 0.6) is 0 Å². The van der Waals surface area contributed by atoms with Crippen molar-refractivity contribution in [1.82, 2.24) is 9.97 Å². The van der Waals surface area contributed by atoms with E-state index < -0.39 is 20.0 Å². The molecule has 10 heteroatoms. The second kappa shape index (κ2) is 6.52. The van der Waals surface area contributed by atoms with Gasteiger partial charge in [-0.05, 0) is 24.3 Å². The molecule has 0 aliphatic carbocycles. The molecule has 4 N–H and O–H groups in total. The zero-order valence-electron chi connectivity index (χ0n) is 10.1. The highest BCUT2D eigenvalue weighted by Gasteiger charge is 2.06. The van der Waals surface area contributed by atoms with E-state index in [4.69, 9.17) is 10.3 Å². The van der Waals surface area contributed by atoms with Crippen molar-refractivity contribution < 1.29 is 16.8 Å². The Balaban J connectivity index is 0.000000200. The third kappa shape index (κ3) is 5.40. The fourth-order valence-corrected chi connectivity index (χ4v) is 1.98. The van der Waals surface area contributed by atoms with Crippen LogP contribution in [0.15, 0.2) is 58.8 Å². The van der Waals surface area contributed by atoms with Gasteiger partial charge in [-0.3, -0.25) is 0 Å². The molecule has 0 aliphatic heterocycles. The van der Waals surface area contributed by atoms with Gasteiger partial charge in [-0.1, -0.05) is 12.1 Å². The van der Waals surface area contributed by atoms with Gasteiger partial charge in [0.05, 0.1) is 0 Å². The molecule has 8 nitrogen and oxygen atoms in total. The number of sulfonamides is 2. The summed E-state index contributed by atoms with van der Waals surface area (Å²) in [5, 5.41) is 9.33. The van der Waals surface area contributed by atoms with Crippen molar-refractivity contribution >= 4 is 20.0 Å². The first-order valence-electron chi connectivity index (χ1n) is 5.09. The lowest BCUT2D eigenvalue weighted by Crippen LogP contribution is -2.13. The predicted octanol–water partition coefficient (Wildman–Crippen LogP) is -0.542. The molecule has 0 aliphatic rings. The molecule has 108 valence electrons. The predicted molar refractivity (Wildman–Crippen MR) is 71.2 cm³/mol. The molecule has 20 heavy (non-hydrogen) atoms. The molecule has 0 radical (unpaired) electrons. The largest absolute Gasteiger partial charge is 0.255 e. The van der Waals surface area contributed by atoms with Gasteiger partial charge in [0.25, 0.3) is 20.0 Å². The van der Waals surface area contributed by atoms with Gasteiger partial charge in [-0.15, -0.1) is 0 Å². The van der Waals surface area contributed by atoms with E-state index >= 15 is 0 Å². The normalized spacial score (nSPS) is 11.3. The molecule has 0 amide bonds. The Kier molecular flexibility index (Phi) is 5.27. The Morgan fingerprint density at radius 3 is 1.20 bits per heavy atom. The first-order chi connectivity index (χ1) is 9.21. The molecule has 0 atom stereocenters. The van der Waals surface area contributed by atoms with Gasteiger partial charge in [-0.25, -0.2) is 37.1 Å². The lowest BCUT2D eigenvalue weighted by Gasteiger charge is -1.92. The number of aromatic nitrogens is 2. The summed E-state index contributed by atoms with van der Waals surface area (Å²) in [5.74, 6) is 0. The van der Waals surface area contributed by atoms with Gasteiger partial charge in [-0.2, -0.15) is 0 Å². The summed E-state index contributed by atoms with van der Waals surface area (Å²) in [6, 6.07) is 9.05. The molecule has 2 aromatic rings. The molecule has 0 spiro atoms. The molecule has 2 rings (SSSR count). The van der Waals surface area contributed by atoms with Gasteiger partial charge in [0.1, 0.15) is 0 Å². The first kappa shape index (κ1) is 16.2. The van der Waals surface area contributed by atoms with Crippen LogP contribution < -0.4 is 10.3 Å². The standard InChI is InChI=1S/2C5H6N2O2S/c2*6-10(8,9)5-3-1-2-4-7-5/h2*1-4H,(H2,6,8,9). The van der Waals surface area contributed by atoms with Gasteiger partial charge in [0.2, 0.25) is 0 Å². The maximum absolute atomic E-state index is 10.5. The van der Waals surface area contributed by atoms with Crippen molar-refractivity contribution in [3.05, 3.63) is 48.8 Å². The molecular weight excluding hydrogens is 304 g/mol. The fraction of sp³-hybridized carbons (Fsp3) is 0. The quantitative estimate of drug-likeness (QED) is 0.760. The van der Waals surface area contributed by atoms with Crippen molar-refractivity contribution in [1.29, 1.82) is 0 Å². The van der Waals surface area contributed by atoms with Crippen molar-refractivity contribution in [2.24, 2.45) is 10.3 Å². The maximum Gasteiger partial charge on any atom is 0.255 e. The zero-order chi connectivity index (χ0) is 15.2.